The second kappa shape index (κ2) is 8.24. The van der Waals surface area contributed by atoms with Crippen molar-refractivity contribution in [1.82, 2.24) is 0 Å². The molecule has 2 amide bonds. The molecule has 0 saturated heterocycles. The smallest absolute Gasteiger partial charge is 0.262 e. The molecule has 0 radical (unpaired) electrons. The van der Waals surface area contributed by atoms with Gasteiger partial charge >= 0.3 is 0 Å². The zero-order chi connectivity index (χ0) is 18.4. The molecule has 136 valence electrons. The lowest BCUT2D eigenvalue weighted by atomic mass is 10.2. The fraction of sp³-hybridized carbons (Fsp3) is 0.263. The van der Waals surface area contributed by atoms with E-state index in [2.05, 4.69) is 10.6 Å². The zero-order valence-corrected chi connectivity index (χ0v) is 14.4. The summed E-state index contributed by atoms with van der Waals surface area (Å²) in [6.07, 6.45) is 0.931. The molecule has 2 aromatic carbocycles. The van der Waals surface area contributed by atoms with Gasteiger partial charge in [-0.05, 0) is 42.8 Å². The maximum atomic E-state index is 12.0. The average molecular weight is 356 g/mol. The maximum absolute atomic E-state index is 12.0. The number of nitrogens with one attached hydrogen (secondary N) is 2. The molecule has 2 N–H and O–H groups in total. The fourth-order valence-electron chi connectivity index (χ4n) is 2.47. The van der Waals surface area contributed by atoms with Crippen LogP contribution in [0.4, 0.5) is 11.4 Å². The summed E-state index contributed by atoms with van der Waals surface area (Å²) < 4.78 is 16.0. The number of hydrogen-bond donors (Lipinski definition) is 2. The Morgan fingerprint density at radius 3 is 2.73 bits per heavy atom. The highest BCUT2D eigenvalue weighted by Gasteiger charge is 2.16. The quantitative estimate of drug-likeness (QED) is 0.745. The topological polar surface area (TPSA) is 85.9 Å². The number of carbonyl (C=O) groups is 2. The summed E-state index contributed by atoms with van der Waals surface area (Å²) in [7, 11) is 1.61. The van der Waals surface area contributed by atoms with E-state index in [9.17, 15) is 9.59 Å². The molecule has 1 aliphatic heterocycles. The van der Waals surface area contributed by atoms with E-state index in [4.69, 9.17) is 14.2 Å². The number of hydrogen-bond acceptors (Lipinski definition) is 5. The van der Waals surface area contributed by atoms with E-state index in [1.165, 1.54) is 0 Å². The first-order chi connectivity index (χ1) is 12.6. The number of amides is 2. The standard InChI is InChI=1S/C19H20N2O5/c1-24-14-5-7-15(8-6-14)25-10-2-3-18(22)20-13-4-9-16-17(11-13)26-12-19(23)21-16/h4-9,11H,2-3,10,12H2,1H3,(H,20,22)(H,21,23). The molecule has 0 bridgehead atoms. The first-order valence-corrected chi connectivity index (χ1v) is 8.27. The van der Waals surface area contributed by atoms with E-state index in [0.29, 0.717) is 36.6 Å². The number of ether oxygens (including phenoxy) is 3. The number of anilines is 2. The SMILES string of the molecule is COc1ccc(OCCCC(=O)Nc2ccc3c(c2)OCC(=O)N3)cc1. The van der Waals surface area contributed by atoms with Crippen LogP contribution in [0, 0.1) is 0 Å². The molecule has 0 atom stereocenters. The lowest BCUT2D eigenvalue weighted by molar-refractivity contribution is -0.118. The summed E-state index contributed by atoms with van der Waals surface area (Å²) >= 11 is 0. The lowest BCUT2D eigenvalue weighted by Gasteiger charge is -2.18. The summed E-state index contributed by atoms with van der Waals surface area (Å²) in [5.41, 5.74) is 1.23. The molecule has 0 saturated carbocycles. The molecule has 7 nitrogen and oxygen atoms in total. The van der Waals surface area contributed by atoms with Crippen molar-refractivity contribution in [2.75, 3.05) is 31.0 Å². The van der Waals surface area contributed by atoms with Gasteiger partial charge in [0.05, 0.1) is 19.4 Å². The highest BCUT2D eigenvalue weighted by molar-refractivity contribution is 5.97. The summed E-state index contributed by atoms with van der Waals surface area (Å²) in [6.45, 7) is 0.423. The van der Waals surface area contributed by atoms with Crippen molar-refractivity contribution in [2.45, 2.75) is 12.8 Å². The summed E-state index contributed by atoms with van der Waals surface area (Å²) in [5.74, 6) is 1.75. The Morgan fingerprint density at radius 2 is 1.96 bits per heavy atom. The van der Waals surface area contributed by atoms with Gasteiger partial charge in [0.1, 0.15) is 17.2 Å². The first-order valence-electron chi connectivity index (χ1n) is 8.27. The van der Waals surface area contributed by atoms with Crippen LogP contribution in [0.3, 0.4) is 0 Å². The van der Waals surface area contributed by atoms with Crippen LogP contribution in [-0.4, -0.2) is 32.1 Å². The molecule has 2 aromatic rings. The molecular weight excluding hydrogens is 336 g/mol. The van der Waals surface area contributed by atoms with E-state index < -0.39 is 0 Å². The van der Waals surface area contributed by atoms with Crippen LogP contribution in [0.25, 0.3) is 0 Å². The van der Waals surface area contributed by atoms with Crippen molar-refractivity contribution in [3.8, 4) is 17.2 Å². The largest absolute Gasteiger partial charge is 0.497 e. The second-order valence-electron chi connectivity index (χ2n) is 5.72. The maximum Gasteiger partial charge on any atom is 0.262 e. The van der Waals surface area contributed by atoms with Gasteiger partial charge < -0.3 is 24.8 Å². The van der Waals surface area contributed by atoms with Crippen LogP contribution in [0.2, 0.25) is 0 Å². The molecule has 0 aromatic heterocycles. The number of benzene rings is 2. The Labute approximate surface area is 151 Å². The first kappa shape index (κ1) is 17.6. The molecule has 0 aliphatic carbocycles. The third-order valence-electron chi connectivity index (χ3n) is 3.77. The number of methoxy groups -OCH3 is 1. The molecule has 1 aliphatic rings. The van der Waals surface area contributed by atoms with Gasteiger partial charge in [-0.15, -0.1) is 0 Å². The monoisotopic (exact) mass is 356 g/mol. The van der Waals surface area contributed by atoms with Crippen LogP contribution in [0.1, 0.15) is 12.8 Å². The Balaban J connectivity index is 1.42. The average Bonchev–Trinajstić information content (AvgIpc) is 2.66. The highest BCUT2D eigenvalue weighted by atomic mass is 16.5. The van der Waals surface area contributed by atoms with Crippen molar-refractivity contribution in [3.05, 3.63) is 42.5 Å². The number of fused-ring (bicyclic) bond motifs is 1. The van der Waals surface area contributed by atoms with Gasteiger partial charge in [0.2, 0.25) is 5.91 Å². The molecule has 3 rings (SSSR count). The van der Waals surface area contributed by atoms with E-state index in [1.807, 2.05) is 24.3 Å². The van der Waals surface area contributed by atoms with Gasteiger partial charge in [-0.1, -0.05) is 0 Å². The predicted molar refractivity (Wildman–Crippen MR) is 96.9 cm³/mol. The highest BCUT2D eigenvalue weighted by Crippen LogP contribution is 2.30. The van der Waals surface area contributed by atoms with Crippen LogP contribution in [-0.2, 0) is 9.59 Å². The predicted octanol–water partition coefficient (Wildman–Crippen LogP) is 2.82. The zero-order valence-electron chi connectivity index (χ0n) is 14.4. The molecule has 7 heteroatoms. The molecule has 26 heavy (non-hydrogen) atoms. The Bertz CT molecular complexity index is 789. The Morgan fingerprint density at radius 1 is 1.19 bits per heavy atom. The second-order valence-corrected chi connectivity index (χ2v) is 5.72. The van der Waals surface area contributed by atoms with Crippen molar-refractivity contribution in [3.63, 3.8) is 0 Å². The molecular formula is C19H20N2O5. The van der Waals surface area contributed by atoms with Crippen molar-refractivity contribution < 1.29 is 23.8 Å². The minimum Gasteiger partial charge on any atom is -0.497 e. The molecule has 0 spiro atoms. The van der Waals surface area contributed by atoms with Crippen LogP contribution >= 0.6 is 0 Å². The van der Waals surface area contributed by atoms with Crippen molar-refractivity contribution in [2.24, 2.45) is 0 Å². The summed E-state index contributed by atoms with van der Waals surface area (Å²) in [5, 5.41) is 5.52. The van der Waals surface area contributed by atoms with E-state index in [0.717, 1.165) is 11.5 Å². The number of rotatable bonds is 7. The van der Waals surface area contributed by atoms with E-state index in [-0.39, 0.29) is 18.4 Å². The van der Waals surface area contributed by atoms with Gasteiger partial charge in [0.25, 0.3) is 5.91 Å². The molecule has 0 unspecified atom stereocenters. The summed E-state index contributed by atoms with van der Waals surface area (Å²) in [6, 6.07) is 12.4. The van der Waals surface area contributed by atoms with E-state index >= 15 is 0 Å². The third-order valence-corrected chi connectivity index (χ3v) is 3.77. The van der Waals surface area contributed by atoms with Gasteiger partial charge in [0.15, 0.2) is 6.61 Å². The van der Waals surface area contributed by atoms with Gasteiger partial charge in [-0.25, -0.2) is 0 Å². The van der Waals surface area contributed by atoms with Crippen LogP contribution < -0.4 is 24.8 Å². The van der Waals surface area contributed by atoms with E-state index in [1.54, 1.807) is 25.3 Å². The van der Waals surface area contributed by atoms with Crippen LogP contribution in [0.5, 0.6) is 17.2 Å². The Kier molecular flexibility index (Phi) is 5.58. The Hall–Kier alpha value is -3.22. The minimum absolute atomic E-state index is 0.0207. The van der Waals surface area contributed by atoms with Gasteiger partial charge in [-0.2, -0.15) is 0 Å². The van der Waals surface area contributed by atoms with Crippen LogP contribution in [0.15, 0.2) is 42.5 Å². The normalized spacial score (nSPS) is 12.4. The third kappa shape index (κ3) is 4.66. The minimum atomic E-state index is -0.189. The van der Waals surface area contributed by atoms with Crippen molar-refractivity contribution in [1.29, 1.82) is 0 Å². The lowest BCUT2D eigenvalue weighted by Crippen LogP contribution is -2.25. The van der Waals surface area contributed by atoms with Gasteiger partial charge in [-0.3, -0.25) is 9.59 Å². The number of carbonyl (C=O) groups excluding carboxylic acids is 2. The van der Waals surface area contributed by atoms with Gasteiger partial charge in [0, 0.05) is 18.2 Å². The molecule has 1 heterocycles. The summed E-state index contributed by atoms with van der Waals surface area (Å²) in [4.78, 5) is 23.3. The fourth-order valence-corrected chi connectivity index (χ4v) is 2.47. The van der Waals surface area contributed by atoms with Crippen molar-refractivity contribution >= 4 is 23.2 Å². The molecule has 0 fully saturated rings.